The fourth-order valence-corrected chi connectivity index (χ4v) is 3.74. The summed E-state index contributed by atoms with van der Waals surface area (Å²) in [5, 5.41) is 1.26. The molecule has 2 fully saturated rings. The SMILES string of the molecule is c1ccc2oc(C3CCN4CCCC3C4)cc2c1. The van der Waals surface area contributed by atoms with E-state index in [1.54, 1.807) is 0 Å². The lowest BCUT2D eigenvalue weighted by Crippen LogP contribution is -2.43. The van der Waals surface area contributed by atoms with Crippen molar-refractivity contribution < 1.29 is 4.42 Å². The fraction of sp³-hybridized carbons (Fsp3) is 0.500. The van der Waals surface area contributed by atoms with E-state index in [0.29, 0.717) is 5.92 Å². The molecule has 2 aromatic rings. The first-order chi connectivity index (χ1) is 8.90. The van der Waals surface area contributed by atoms with Crippen molar-refractivity contribution in [1.82, 2.24) is 4.90 Å². The summed E-state index contributed by atoms with van der Waals surface area (Å²) in [6, 6.07) is 10.6. The minimum atomic E-state index is 0.647. The molecule has 2 aliphatic rings. The second kappa shape index (κ2) is 4.13. The van der Waals surface area contributed by atoms with E-state index < -0.39 is 0 Å². The standard InChI is InChI=1S/C16H19NO/c1-2-6-15-12(4-1)10-16(18-15)14-7-9-17-8-3-5-13(14)11-17/h1-2,4,6,10,13-14H,3,5,7-9,11H2. The van der Waals surface area contributed by atoms with Crippen molar-refractivity contribution in [3.05, 3.63) is 36.1 Å². The number of nitrogens with zero attached hydrogens (tertiary/aromatic N) is 1. The average Bonchev–Trinajstić information content (AvgIpc) is 2.82. The summed E-state index contributed by atoms with van der Waals surface area (Å²) in [5.41, 5.74) is 1.05. The third-order valence-electron chi connectivity index (χ3n) is 4.68. The molecular formula is C16H19NO. The van der Waals surface area contributed by atoms with Crippen LogP contribution in [-0.2, 0) is 0 Å². The molecule has 3 atom stereocenters. The second-order valence-electron chi connectivity index (χ2n) is 5.78. The molecule has 2 heteroatoms. The topological polar surface area (TPSA) is 16.4 Å². The molecule has 3 unspecified atom stereocenters. The van der Waals surface area contributed by atoms with Gasteiger partial charge in [-0.1, -0.05) is 18.2 Å². The molecule has 2 saturated heterocycles. The average molecular weight is 241 g/mol. The van der Waals surface area contributed by atoms with Gasteiger partial charge in [-0.3, -0.25) is 0 Å². The molecule has 0 aliphatic carbocycles. The van der Waals surface area contributed by atoms with Crippen molar-refractivity contribution in [3.8, 4) is 0 Å². The zero-order valence-corrected chi connectivity index (χ0v) is 10.6. The molecule has 4 rings (SSSR count). The fourth-order valence-electron chi connectivity index (χ4n) is 3.74. The number of benzene rings is 1. The van der Waals surface area contributed by atoms with Crippen molar-refractivity contribution in [2.45, 2.75) is 25.2 Å². The molecule has 0 N–H and O–H groups in total. The van der Waals surface area contributed by atoms with E-state index in [0.717, 1.165) is 11.5 Å². The predicted molar refractivity (Wildman–Crippen MR) is 72.7 cm³/mol. The van der Waals surface area contributed by atoms with Gasteiger partial charge in [-0.15, -0.1) is 0 Å². The summed E-state index contributed by atoms with van der Waals surface area (Å²) in [4.78, 5) is 2.62. The van der Waals surface area contributed by atoms with Crippen LogP contribution in [0.2, 0.25) is 0 Å². The molecule has 2 aliphatic heterocycles. The van der Waals surface area contributed by atoms with E-state index in [4.69, 9.17) is 4.42 Å². The van der Waals surface area contributed by atoms with Crippen LogP contribution >= 0.6 is 0 Å². The Hall–Kier alpha value is -1.28. The first-order valence-electron chi connectivity index (χ1n) is 7.11. The molecule has 1 aromatic heterocycles. The maximum absolute atomic E-state index is 6.08. The zero-order valence-electron chi connectivity index (χ0n) is 10.6. The Morgan fingerprint density at radius 3 is 3.00 bits per heavy atom. The van der Waals surface area contributed by atoms with Crippen LogP contribution in [0.15, 0.2) is 34.7 Å². The van der Waals surface area contributed by atoms with E-state index in [1.807, 2.05) is 0 Å². The molecule has 2 nitrogen and oxygen atoms in total. The Kier molecular flexibility index (Phi) is 2.44. The highest BCUT2D eigenvalue weighted by atomic mass is 16.3. The van der Waals surface area contributed by atoms with Gasteiger partial charge < -0.3 is 9.32 Å². The second-order valence-corrected chi connectivity index (χ2v) is 5.78. The highest BCUT2D eigenvalue weighted by molar-refractivity contribution is 5.77. The van der Waals surface area contributed by atoms with Gasteiger partial charge in [-0.05, 0) is 50.4 Å². The van der Waals surface area contributed by atoms with Gasteiger partial charge in [0, 0.05) is 17.8 Å². The van der Waals surface area contributed by atoms with Crippen LogP contribution in [0.5, 0.6) is 0 Å². The monoisotopic (exact) mass is 241 g/mol. The molecule has 94 valence electrons. The van der Waals surface area contributed by atoms with Crippen LogP contribution in [0.4, 0.5) is 0 Å². The lowest BCUT2D eigenvalue weighted by molar-refractivity contribution is 0.0974. The number of fused-ring (bicyclic) bond motifs is 3. The maximum atomic E-state index is 6.08. The van der Waals surface area contributed by atoms with Crippen LogP contribution < -0.4 is 0 Å². The van der Waals surface area contributed by atoms with Crippen molar-refractivity contribution in [3.63, 3.8) is 0 Å². The third kappa shape index (κ3) is 1.67. The number of para-hydroxylation sites is 1. The minimum absolute atomic E-state index is 0.647. The van der Waals surface area contributed by atoms with Gasteiger partial charge >= 0.3 is 0 Å². The van der Waals surface area contributed by atoms with Gasteiger partial charge in [-0.2, -0.15) is 0 Å². The Morgan fingerprint density at radius 1 is 1.11 bits per heavy atom. The first-order valence-corrected chi connectivity index (χ1v) is 7.11. The molecule has 2 bridgehead atoms. The summed E-state index contributed by atoms with van der Waals surface area (Å²) in [5.74, 6) is 2.68. The number of hydrogen-bond acceptors (Lipinski definition) is 2. The van der Waals surface area contributed by atoms with Gasteiger partial charge in [0.15, 0.2) is 0 Å². The summed E-state index contributed by atoms with van der Waals surface area (Å²) in [6.07, 6.45) is 4.00. The third-order valence-corrected chi connectivity index (χ3v) is 4.68. The Bertz CT molecular complexity index is 526. The smallest absolute Gasteiger partial charge is 0.134 e. The van der Waals surface area contributed by atoms with Gasteiger partial charge in [-0.25, -0.2) is 0 Å². The number of furan rings is 1. The quantitative estimate of drug-likeness (QED) is 0.758. The summed E-state index contributed by atoms with van der Waals surface area (Å²) in [7, 11) is 0. The normalized spacial score (nSPS) is 31.7. The van der Waals surface area contributed by atoms with Crippen molar-refractivity contribution >= 4 is 11.0 Å². The lowest BCUT2D eigenvalue weighted by atomic mass is 9.78. The van der Waals surface area contributed by atoms with Crippen LogP contribution in [0.1, 0.15) is 30.9 Å². The van der Waals surface area contributed by atoms with E-state index in [2.05, 4.69) is 35.2 Å². The molecule has 0 spiro atoms. The summed E-state index contributed by atoms with van der Waals surface area (Å²) >= 11 is 0. The van der Waals surface area contributed by atoms with Crippen LogP contribution in [0.3, 0.4) is 0 Å². The molecule has 0 radical (unpaired) electrons. The first kappa shape index (κ1) is 10.6. The Labute approximate surface area is 108 Å². The van der Waals surface area contributed by atoms with Crippen LogP contribution in [-0.4, -0.2) is 24.5 Å². The van der Waals surface area contributed by atoms with E-state index in [-0.39, 0.29) is 0 Å². The van der Waals surface area contributed by atoms with E-state index in [9.17, 15) is 0 Å². The minimum Gasteiger partial charge on any atom is -0.461 e. The Morgan fingerprint density at radius 2 is 2.06 bits per heavy atom. The van der Waals surface area contributed by atoms with Gasteiger partial charge in [0.05, 0.1) is 0 Å². The molecule has 18 heavy (non-hydrogen) atoms. The lowest BCUT2D eigenvalue weighted by Gasteiger charge is -2.41. The van der Waals surface area contributed by atoms with Crippen molar-refractivity contribution in [2.75, 3.05) is 19.6 Å². The van der Waals surface area contributed by atoms with Gasteiger partial charge in [0.2, 0.25) is 0 Å². The number of piperidine rings is 2. The van der Waals surface area contributed by atoms with Gasteiger partial charge in [0.1, 0.15) is 11.3 Å². The molecule has 0 saturated carbocycles. The highest BCUT2D eigenvalue weighted by Gasteiger charge is 2.34. The summed E-state index contributed by atoms with van der Waals surface area (Å²) < 4.78 is 6.08. The predicted octanol–water partition coefficient (Wildman–Crippen LogP) is 3.63. The largest absolute Gasteiger partial charge is 0.461 e. The molecule has 3 heterocycles. The number of hydrogen-bond donors (Lipinski definition) is 0. The van der Waals surface area contributed by atoms with E-state index >= 15 is 0 Å². The zero-order chi connectivity index (χ0) is 11.9. The van der Waals surface area contributed by atoms with Crippen LogP contribution in [0, 0.1) is 5.92 Å². The maximum Gasteiger partial charge on any atom is 0.134 e. The van der Waals surface area contributed by atoms with Crippen molar-refractivity contribution in [1.29, 1.82) is 0 Å². The van der Waals surface area contributed by atoms with Crippen LogP contribution in [0.25, 0.3) is 11.0 Å². The summed E-state index contributed by atoms with van der Waals surface area (Å²) in [6.45, 7) is 3.84. The van der Waals surface area contributed by atoms with Crippen molar-refractivity contribution in [2.24, 2.45) is 5.92 Å². The van der Waals surface area contributed by atoms with E-state index in [1.165, 1.54) is 50.0 Å². The molecule has 1 aromatic carbocycles. The number of rotatable bonds is 1. The highest BCUT2D eigenvalue weighted by Crippen LogP contribution is 2.40. The molecular weight excluding hydrogens is 222 g/mol. The Balaban J connectivity index is 1.69. The molecule has 0 amide bonds. The van der Waals surface area contributed by atoms with Gasteiger partial charge in [0.25, 0.3) is 0 Å².